The number of carbonyl (C=O) groups excluding carboxylic acids is 1. The van der Waals surface area contributed by atoms with E-state index in [-0.39, 0.29) is 11.7 Å². The SMILES string of the molecule is O=C(c1ccc2c(c1)OCCO2)C1CCN(C/C=C/Cl)CC1. The highest BCUT2D eigenvalue weighted by Crippen LogP contribution is 2.32. The van der Waals surface area contributed by atoms with Gasteiger partial charge >= 0.3 is 0 Å². The van der Waals surface area contributed by atoms with E-state index < -0.39 is 0 Å². The van der Waals surface area contributed by atoms with E-state index in [1.807, 2.05) is 24.3 Å². The number of ketones is 1. The molecule has 0 amide bonds. The largest absolute Gasteiger partial charge is 0.486 e. The Hall–Kier alpha value is -1.52. The summed E-state index contributed by atoms with van der Waals surface area (Å²) in [6, 6.07) is 5.50. The van der Waals surface area contributed by atoms with Crippen LogP contribution >= 0.6 is 11.6 Å². The number of carbonyl (C=O) groups is 1. The van der Waals surface area contributed by atoms with Crippen LogP contribution in [0.25, 0.3) is 0 Å². The number of hydrogen-bond acceptors (Lipinski definition) is 4. The second-order valence-electron chi connectivity index (χ2n) is 5.66. The van der Waals surface area contributed by atoms with Crippen molar-refractivity contribution in [3.05, 3.63) is 35.4 Å². The fraction of sp³-hybridized carbons (Fsp3) is 0.471. The Balaban J connectivity index is 1.62. The first kappa shape index (κ1) is 15.4. The minimum Gasteiger partial charge on any atom is -0.486 e. The lowest BCUT2D eigenvalue weighted by Gasteiger charge is -2.30. The zero-order chi connectivity index (χ0) is 15.4. The Morgan fingerprint density at radius 3 is 2.68 bits per heavy atom. The number of Topliss-reactive ketones (excluding diaryl/α,β-unsaturated/α-hetero) is 1. The molecule has 22 heavy (non-hydrogen) atoms. The highest BCUT2D eigenvalue weighted by molar-refractivity contribution is 6.25. The van der Waals surface area contributed by atoms with Gasteiger partial charge in [-0.2, -0.15) is 0 Å². The van der Waals surface area contributed by atoms with Crippen molar-refractivity contribution in [1.82, 2.24) is 4.90 Å². The topological polar surface area (TPSA) is 38.8 Å². The van der Waals surface area contributed by atoms with Crippen molar-refractivity contribution in [2.45, 2.75) is 12.8 Å². The van der Waals surface area contributed by atoms with Crippen LogP contribution in [0.2, 0.25) is 0 Å². The Morgan fingerprint density at radius 2 is 1.95 bits per heavy atom. The molecular weight excluding hydrogens is 302 g/mol. The van der Waals surface area contributed by atoms with Crippen molar-refractivity contribution < 1.29 is 14.3 Å². The number of nitrogens with zero attached hydrogens (tertiary/aromatic N) is 1. The van der Waals surface area contributed by atoms with E-state index in [2.05, 4.69) is 4.90 Å². The summed E-state index contributed by atoms with van der Waals surface area (Å²) < 4.78 is 11.1. The number of halogens is 1. The third-order valence-electron chi connectivity index (χ3n) is 4.24. The first-order chi connectivity index (χ1) is 10.8. The monoisotopic (exact) mass is 321 g/mol. The average molecular weight is 322 g/mol. The third-order valence-corrected chi connectivity index (χ3v) is 4.42. The van der Waals surface area contributed by atoms with E-state index in [4.69, 9.17) is 21.1 Å². The zero-order valence-electron chi connectivity index (χ0n) is 12.5. The first-order valence-corrected chi connectivity index (χ1v) is 8.13. The van der Waals surface area contributed by atoms with E-state index in [0.29, 0.717) is 19.0 Å². The van der Waals surface area contributed by atoms with Crippen LogP contribution in [0.15, 0.2) is 29.8 Å². The fourth-order valence-corrected chi connectivity index (χ4v) is 3.08. The molecule has 0 radical (unpaired) electrons. The molecule has 0 saturated carbocycles. The molecule has 118 valence electrons. The average Bonchev–Trinajstić information content (AvgIpc) is 2.59. The molecule has 0 unspecified atom stereocenters. The van der Waals surface area contributed by atoms with Crippen LogP contribution < -0.4 is 9.47 Å². The van der Waals surface area contributed by atoms with Crippen LogP contribution in [0.4, 0.5) is 0 Å². The summed E-state index contributed by atoms with van der Waals surface area (Å²) in [5.41, 5.74) is 2.27. The number of benzene rings is 1. The number of fused-ring (bicyclic) bond motifs is 1. The molecule has 0 aliphatic carbocycles. The molecule has 0 atom stereocenters. The lowest BCUT2D eigenvalue weighted by molar-refractivity contribution is 0.0847. The predicted octanol–water partition coefficient (Wildman–Crippen LogP) is 3.11. The highest BCUT2D eigenvalue weighted by atomic mass is 35.5. The molecular formula is C17H20ClNO3. The lowest BCUT2D eigenvalue weighted by atomic mass is 9.88. The predicted molar refractivity (Wildman–Crippen MR) is 85.9 cm³/mol. The van der Waals surface area contributed by atoms with Crippen molar-refractivity contribution >= 4 is 17.4 Å². The minimum atomic E-state index is 0.0961. The standard InChI is InChI=1S/C17H20ClNO3/c18-6-1-7-19-8-4-13(5-9-19)17(20)14-2-3-15-16(12-14)22-11-10-21-15/h1-3,6,12-13H,4-5,7-11H2/b6-1+. The Labute approximate surface area is 135 Å². The van der Waals surface area contributed by atoms with Gasteiger partial charge in [0, 0.05) is 23.6 Å². The lowest BCUT2D eigenvalue weighted by Crippen LogP contribution is -2.36. The van der Waals surface area contributed by atoms with Gasteiger partial charge < -0.3 is 9.47 Å². The molecule has 1 fully saturated rings. The summed E-state index contributed by atoms with van der Waals surface area (Å²) in [7, 11) is 0. The summed E-state index contributed by atoms with van der Waals surface area (Å²) >= 11 is 5.55. The number of piperidine rings is 1. The molecule has 2 aliphatic heterocycles. The maximum Gasteiger partial charge on any atom is 0.166 e. The number of rotatable bonds is 4. The van der Waals surface area contributed by atoms with E-state index in [9.17, 15) is 4.79 Å². The van der Waals surface area contributed by atoms with Gasteiger partial charge in [-0.3, -0.25) is 9.69 Å². The van der Waals surface area contributed by atoms with Gasteiger partial charge in [0.05, 0.1) is 0 Å². The van der Waals surface area contributed by atoms with Gasteiger partial charge in [-0.25, -0.2) is 0 Å². The molecule has 0 N–H and O–H groups in total. The van der Waals surface area contributed by atoms with Crippen LogP contribution in [0.3, 0.4) is 0 Å². The molecule has 1 aromatic carbocycles. The normalized spacial score (nSPS) is 19.5. The summed E-state index contributed by atoms with van der Waals surface area (Å²) in [5.74, 6) is 1.72. The first-order valence-electron chi connectivity index (χ1n) is 7.69. The van der Waals surface area contributed by atoms with Crippen LogP contribution in [-0.2, 0) is 0 Å². The summed E-state index contributed by atoms with van der Waals surface area (Å²) in [5, 5.41) is 0. The van der Waals surface area contributed by atoms with Gasteiger partial charge in [-0.1, -0.05) is 17.7 Å². The second kappa shape index (κ2) is 7.16. The Kier molecular flexibility index (Phi) is 5.01. The molecule has 2 heterocycles. The number of hydrogen-bond donors (Lipinski definition) is 0. The van der Waals surface area contributed by atoms with Crippen LogP contribution in [0.1, 0.15) is 23.2 Å². The Morgan fingerprint density at radius 1 is 1.23 bits per heavy atom. The van der Waals surface area contributed by atoms with Crippen molar-refractivity contribution in [3.8, 4) is 11.5 Å². The second-order valence-corrected chi connectivity index (χ2v) is 5.91. The molecule has 0 spiro atoms. The van der Waals surface area contributed by atoms with E-state index in [1.54, 1.807) is 5.54 Å². The van der Waals surface area contributed by atoms with Gasteiger partial charge in [-0.15, -0.1) is 0 Å². The minimum absolute atomic E-state index is 0.0961. The molecule has 2 aliphatic rings. The van der Waals surface area contributed by atoms with Crippen molar-refractivity contribution in [2.24, 2.45) is 5.92 Å². The maximum absolute atomic E-state index is 12.7. The quantitative estimate of drug-likeness (QED) is 0.799. The van der Waals surface area contributed by atoms with E-state index in [1.165, 1.54) is 0 Å². The van der Waals surface area contributed by atoms with Gasteiger partial charge in [0.15, 0.2) is 17.3 Å². The highest BCUT2D eigenvalue weighted by Gasteiger charge is 2.26. The summed E-state index contributed by atoms with van der Waals surface area (Å²) in [6.45, 7) is 3.82. The maximum atomic E-state index is 12.7. The molecule has 0 bridgehead atoms. The molecule has 0 aromatic heterocycles. The third kappa shape index (κ3) is 3.45. The van der Waals surface area contributed by atoms with Gasteiger partial charge in [-0.05, 0) is 44.1 Å². The van der Waals surface area contributed by atoms with Gasteiger partial charge in [0.25, 0.3) is 0 Å². The van der Waals surface area contributed by atoms with Gasteiger partial charge in [0.2, 0.25) is 0 Å². The van der Waals surface area contributed by atoms with Crippen LogP contribution in [-0.4, -0.2) is 43.5 Å². The van der Waals surface area contributed by atoms with Crippen molar-refractivity contribution in [3.63, 3.8) is 0 Å². The molecule has 1 saturated heterocycles. The summed E-state index contributed by atoms with van der Waals surface area (Å²) in [4.78, 5) is 15.0. The molecule has 4 nitrogen and oxygen atoms in total. The Bertz CT molecular complexity index is 565. The fourth-order valence-electron chi connectivity index (χ4n) is 3.00. The van der Waals surface area contributed by atoms with Crippen LogP contribution in [0, 0.1) is 5.92 Å². The smallest absolute Gasteiger partial charge is 0.166 e. The number of ether oxygens (including phenoxy) is 2. The molecule has 5 heteroatoms. The zero-order valence-corrected chi connectivity index (χ0v) is 13.2. The van der Waals surface area contributed by atoms with Crippen LogP contribution in [0.5, 0.6) is 11.5 Å². The molecule has 1 aromatic rings. The summed E-state index contributed by atoms with van der Waals surface area (Å²) in [6.07, 6.45) is 3.72. The van der Waals surface area contributed by atoms with Crippen molar-refractivity contribution in [1.29, 1.82) is 0 Å². The van der Waals surface area contributed by atoms with E-state index in [0.717, 1.165) is 43.8 Å². The van der Waals surface area contributed by atoms with Gasteiger partial charge in [0.1, 0.15) is 13.2 Å². The van der Waals surface area contributed by atoms with Crippen molar-refractivity contribution in [2.75, 3.05) is 32.8 Å². The number of likely N-dealkylation sites (tertiary alicyclic amines) is 1. The molecule has 3 rings (SSSR count). The van der Waals surface area contributed by atoms with E-state index >= 15 is 0 Å².